The summed E-state index contributed by atoms with van der Waals surface area (Å²) in [5.41, 5.74) is 1.44. The molecule has 0 saturated carbocycles. The number of carbonyl (C=O) groups is 1. The molecule has 1 N–H and O–H groups in total. The number of rotatable bonds is 1. The Morgan fingerprint density at radius 2 is 2.37 bits per heavy atom. The third-order valence-electron chi connectivity index (χ3n) is 3.17. The van der Waals surface area contributed by atoms with Gasteiger partial charge in [0.05, 0.1) is 12.1 Å². The van der Waals surface area contributed by atoms with Gasteiger partial charge in [-0.15, -0.1) is 0 Å². The lowest BCUT2D eigenvalue weighted by molar-refractivity contribution is -0.608. The van der Waals surface area contributed by atoms with E-state index in [0.717, 1.165) is 4.73 Å². The maximum atomic E-state index is 11.9. The molecule has 3 heterocycles. The molecule has 0 spiro atoms. The molecule has 0 aromatic carbocycles. The quantitative estimate of drug-likeness (QED) is 0.595. The van der Waals surface area contributed by atoms with Crippen LogP contribution in [0.5, 0.6) is 5.75 Å². The van der Waals surface area contributed by atoms with Crippen molar-refractivity contribution in [1.29, 1.82) is 0 Å². The number of ether oxygens (including phenoxy) is 1. The van der Waals surface area contributed by atoms with Crippen LogP contribution in [0.15, 0.2) is 36.2 Å². The van der Waals surface area contributed by atoms with E-state index in [1.165, 1.54) is 6.20 Å². The highest BCUT2D eigenvalue weighted by atomic mass is 16.5. The number of hydrogen-bond donors (Lipinski definition) is 1. The van der Waals surface area contributed by atoms with E-state index in [-0.39, 0.29) is 0 Å². The second-order valence-electron chi connectivity index (χ2n) is 4.34. The Labute approximate surface area is 109 Å². The van der Waals surface area contributed by atoms with Gasteiger partial charge in [0.25, 0.3) is 5.69 Å². The van der Waals surface area contributed by atoms with E-state index >= 15 is 0 Å². The van der Waals surface area contributed by atoms with Gasteiger partial charge < -0.3 is 20.0 Å². The number of aliphatic carboxylic acids is 1. The third-order valence-corrected chi connectivity index (χ3v) is 3.17. The summed E-state index contributed by atoms with van der Waals surface area (Å²) in [4.78, 5) is 12.8. The average Bonchev–Trinajstić information content (AvgIpc) is 2.57. The first-order valence-electron chi connectivity index (χ1n) is 5.93. The molecule has 1 aromatic heterocycles. The van der Waals surface area contributed by atoms with Gasteiger partial charge in [-0.1, -0.05) is 0 Å². The van der Waals surface area contributed by atoms with Crippen LogP contribution in [0.4, 0.5) is 0 Å². The summed E-state index contributed by atoms with van der Waals surface area (Å²) in [5, 5.41) is 20.9. The minimum atomic E-state index is -0.941. The van der Waals surface area contributed by atoms with Crippen LogP contribution in [0.2, 0.25) is 0 Å². The summed E-state index contributed by atoms with van der Waals surface area (Å²) in [6.45, 7) is 0.912. The maximum Gasteiger partial charge on any atom is 0.333 e. The largest absolute Gasteiger partial charge is 0.618 e. The molecule has 0 saturated heterocycles. The SMILES string of the molecule is O=C(O)C1=CN2CCOc3ccc[n+]([O-])c3C2=CC1. The molecular weight excluding hydrogens is 248 g/mol. The lowest BCUT2D eigenvalue weighted by Gasteiger charge is -2.23. The fourth-order valence-electron chi connectivity index (χ4n) is 2.27. The zero-order valence-corrected chi connectivity index (χ0v) is 10.1. The number of aromatic nitrogens is 1. The van der Waals surface area contributed by atoms with Gasteiger partial charge in [-0.2, -0.15) is 4.73 Å². The van der Waals surface area contributed by atoms with Crippen molar-refractivity contribution < 1.29 is 19.4 Å². The summed E-state index contributed by atoms with van der Waals surface area (Å²) < 4.78 is 6.29. The minimum absolute atomic E-state index is 0.301. The first kappa shape index (κ1) is 11.6. The number of allylic oxidation sites excluding steroid dienone is 1. The van der Waals surface area contributed by atoms with E-state index in [9.17, 15) is 10.0 Å². The van der Waals surface area contributed by atoms with Crippen LogP contribution in [0, 0.1) is 5.21 Å². The van der Waals surface area contributed by atoms with E-state index in [4.69, 9.17) is 9.84 Å². The van der Waals surface area contributed by atoms with Gasteiger partial charge in [-0.05, 0) is 12.1 Å². The van der Waals surface area contributed by atoms with E-state index in [1.807, 2.05) is 0 Å². The molecule has 6 heteroatoms. The van der Waals surface area contributed by atoms with Crippen molar-refractivity contribution in [2.75, 3.05) is 13.2 Å². The topological polar surface area (TPSA) is 76.7 Å². The van der Waals surface area contributed by atoms with Crippen LogP contribution in [-0.2, 0) is 4.79 Å². The Morgan fingerprint density at radius 1 is 1.53 bits per heavy atom. The Bertz CT molecular complexity index is 607. The molecule has 0 atom stereocenters. The third kappa shape index (κ3) is 1.91. The molecule has 0 radical (unpaired) electrons. The van der Waals surface area contributed by atoms with Crippen LogP contribution in [0.3, 0.4) is 0 Å². The number of hydrogen-bond acceptors (Lipinski definition) is 4. The molecule has 1 aromatic rings. The van der Waals surface area contributed by atoms with Crippen molar-refractivity contribution in [2.24, 2.45) is 0 Å². The van der Waals surface area contributed by atoms with Crippen molar-refractivity contribution in [3.8, 4) is 5.75 Å². The first-order valence-corrected chi connectivity index (χ1v) is 5.93. The molecule has 0 amide bonds. The molecule has 0 unspecified atom stereocenters. The fraction of sp³-hybridized carbons (Fsp3) is 0.231. The number of carboxylic acids is 1. The molecule has 0 bridgehead atoms. The van der Waals surface area contributed by atoms with Crippen LogP contribution >= 0.6 is 0 Å². The van der Waals surface area contributed by atoms with Gasteiger partial charge in [0, 0.05) is 18.7 Å². The zero-order chi connectivity index (χ0) is 13.4. The Kier molecular flexibility index (Phi) is 2.63. The van der Waals surface area contributed by atoms with Crippen LogP contribution in [0.1, 0.15) is 12.1 Å². The Morgan fingerprint density at radius 3 is 3.16 bits per heavy atom. The predicted octanol–water partition coefficient (Wildman–Crippen LogP) is 0.728. The van der Waals surface area contributed by atoms with Crippen molar-refractivity contribution in [3.05, 3.63) is 47.1 Å². The standard InChI is InChI=1S/C13H12N2O4/c16-13(17)9-3-4-10-12-11(2-1-5-15(12)18)19-7-6-14(10)8-9/h1-2,4-5,8H,3,6-7H2,(H,16,17). The van der Waals surface area contributed by atoms with Crippen LogP contribution in [0.25, 0.3) is 5.70 Å². The predicted molar refractivity (Wildman–Crippen MR) is 65.9 cm³/mol. The number of carboxylic acid groups (broad SMARTS) is 1. The molecule has 19 heavy (non-hydrogen) atoms. The minimum Gasteiger partial charge on any atom is -0.618 e. The normalized spacial score (nSPS) is 17.4. The van der Waals surface area contributed by atoms with Crippen molar-refractivity contribution >= 4 is 11.7 Å². The summed E-state index contributed by atoms with van der Waals surface area (Å²) in [6.07, 6.45) is 5.03. The molecular formula is C13H12N2O4. The van der Waals surface area contributed by atoms with Crippen LogP contribution < -0.4 is 9.47 Å². The fourth-order valence-corrected chi connectivity index (χ4v) is 2.27. The summed E-state index contributed by atoms with van der Waals surface area (Å²) in [5.74, 6) is -0.415. The van der Waals surface area contributed by atoms with E-state index in [1.54, 1.807) is 29.3 Å². The average molecular weight is 260 g/mol. The van der Waals surface area contributed by atoms with E-state index in [2.05, 4.69) is 0 Å². The second kappa shape index (κ2) is 4.31. The van der Waals surface area contributed by atoms with Gasteiger partial charge in [-0.3, -0.25) is 0 Å². The second-order valence-corrected chi connectivity index (χ2v) is 4.34. The van der Waals surface area contributed by atoms with E-state index in [0.29, 0.717) is 42.3 Å². The summed E-state index contributed by atoms with van der Waals surface area (Å²) >= 11 is 0. The maximum absolute atomic E-state index is 11.9. The van der Waals surface area contributed by atoms with Gasteiger partial charge in [0.15, 0.2) is 11.9 Å². The highest BCUT2D eigenvalue weighted by Crippen LogP contribution is 2.32. The molecule has 0 fully saturated rings. The molecule has 2 aliphatic heterocycles. The van der Waals surface area contributed by atoms with Gasteiger partial charge in [0.1, 0.15) is 12.3 Å². The lowest BCUT2D eigenvalue weighted by atomic mass is 10.1. The smallest absolute Gasteiger partial charge is 0.333 e. The van der Waals surface area contributed by atoms with E-state index < -0.39 is 5.97 Å². The molecule has 98 valence electrons. The first-order chi connectivity index (χ1) is 9.16. The number of nitrogens with zero attached hydrogens (tertiary/aromatic N) is 2. The number of fused-ring (bicyclic) bond motifs is 3. The molecule has 2 aliphatic rings. The summed E-state index contributed by atoms with van der Waals surface area (Å²) in [7, 11) is 0. The van der Waals surface area contributed by atoms with Gasteiger partial charge >= 0.3 is 5.97 Å². The molecule has 3 rings (SSSR count). The van der Waals surface area contributed by atoms with Gasteiger partial charge in [-0.25, -0.2) is 4.79 Å². The highest BCUT2D eigenvalue weighted by molar-refractivity contribution is 5.88. The molecule has 6 nitrogen and oxygen atoms in total. The lowest BCUT2D eigenvalue weighted by Crippen LogP contribution is -2.34. The van der Waals surface area contributed by atoms with Gasteiger partial charge in [0.2, 0.25) is 0 Å². The highest BCUT2D eigenvalue weighted by Gasteiger charge is 2.29. The van der Waals surface area contributed by atoms with Crippen molar-refractivity contribution in [1.82, 2.24) is 4.90 Å². The van der Waals surface area contributed by atoms with Crippen molar-refractivity contribution in [3.63, 3.8) is 0 Å². The summed E-state index contributed by atoms with van der Waals surface area (Å²) in [6, 6.07) is 3.37. The molecule has 0 aliphatic carbocycles. The monoisotopic (exact) mass is 260 g/mol. The van der Waals surface area contributed by atoms with Crippen molar-refractivity contribution in [2.45, 2.75) is 6.42 Å². The van der Waals surface area contributed by atoms with Crippen LogP contribution in [-0.4, -0.2) is 29.1 Å². The zero-order valence-electron chi connectivity index (χ0n) is 10.1. The Balaban J connectivity index is 2.08. The Hall–Kier alpha value is -2.50. The number of pyridine rings is 1.